The highest BCUT2D eigenvalue weighted by molar-refractivity contribution is 5.79. The lowest BCUT2D eigenvalue weighted by Gasteiger charge is -2.37. The van der Waals surface area contributed by atoms with Crippen molar-refractivity contribution < 1.29 is 23.1 Å². The van der Waals surface area contributed by atoms with Crippen molar-refractivity contribution in [1.29, 1.82) is 0 Å². The smallest absolute Gasteiger partial charge is 0.224 e. The van der Waals surface area contributed by atoms with Gasteiger partial charge in [0.1, 0.15) is 23.1 Å². The number of carbonyl (C=O) groups is 1. The molecule has 7 heteroatoms. The topological polar surface area (TPSA) is 63.9 Å². The van der Waals surface area contributed by atoms with Crippen LogP contribution in [-0.4, -0.2) is 38.1 Å². The van der Waals surface area contributed by atoms with Crippen LogP contribution in [0.4, 0.5) is 4.39 Å². The predicted octanol–water partition coefficient (Wildman–Crippen LogP) is 4.67. The molecule has 4 rings (SSSR count). The summed E-state index contributed by atoms with van der Waals surface area (Å²) >= 11 is 0. The van der Waals surface area contributed by atoms with Crippen molar-refractivity contribution in [1.82, 2.24) is 10.2 Å². The van der Waals surface area contributed by atoms with Crippen molar-refractivity contribution in [2.45, 2.75) is 32.4 Å². The van der Waals surface area contributed by atoms with Gasteiger partial charge in [0.05, 0.1) is 32.9 Å². The molecule has 0 radical (unpaired) electrons. The number of hydrogen-bond acceptors (Lipinski definition) is 5. The summed E-state index contributed by atoms with van der Waals surface area (Å²) in [5, 5.41) is 3.01. The lowest BCUT2D eigenvalue weighted by Crippen LogP contribution is -2.45. The Morgan fingerprint density at radius 2 is 1.88 bits per heavy atom. The molecule has 2 unspecified atom stereocenters. The van der Waals surface area contributed by atoms with Gasteiger partial charge in [0.15, 0.2) is 0 Å². The highest BCUT2D eigenvalue weighted by atomic mass is 19.1. The van der Waals surface area contributed by atoms with Crippen molar-refractivity contribution in [3.05, 3.63) is 83.1 Å². The van der Waals surface area contributed by atoms with E-state index in [2.05, 4.69) is 10.2 Å². The van der Waals surface area contributed by atoms with Crippen molar-refractivity contribution in [3.63, 3.8) is 0 Å². The minimum atomic E-state index is -0.215. The van der Waals surface area contributed by atoms with Crippen LogP contribution in [-0.2, 0) is 17.9 Å². The third-order valence-electron chi connectivity index (χ3n) is 6.38. The fourth-order valence-electron chi connectivity index (χ4n) is 4.62. The van der Waals surface area contributed by atoms with Gasteiger partial charge < -0.3 is 19.2 Å². The number of halogens is 1. The van der Waals surface area contributed by atoms with E-state index in [0.717, 1.165) is 34.9 Å². The van der Waals surface area contributed by atoms with Gasteiger partial charge in [0.2, 0.25) is 5.91 Å². The fraction of sp³-hybridized carbons (Fsp3) is 0.370. The monoisotopic (exact) mass is 466 g/mol. The van der Waals surface area contributed by atoms with E-state index in [1.165, 1.54) is 6.07 Å². The maximum atomic E-state index is 13.9. The average Bonchev–Trinajstić information content (AvgIpc) is 3.37. The first-order valence-corrected chi connectivity index (χ1v) is 11.5. The van der Waals surface area contributed by atoms with Crippen molar-refractivity contribution in [3.8, 4) is 11.5 Å². The molecule has 2 heterocycles. The van der Waals surface area contributed by atoms with Crippen LogP contribution >= 0.6 is 0 Å². The molecule has 3 aromatic rings. The molecule has 1 aromatic heterocycles. The maximum Gasteiger partial charge on any atom is 0.224 e. The van der Waals surface area contributed by atoms with Gasteiger partial charge in [-0.1, -0.05) is 12.1 Å². The standard InChI is InChI=1S/C27H31FN2O4/c1-18-9-20(6-7-26(18)28)21-12-22(27(31)29-14-23-5-4-8-34-23)17-30(16-21)15-19-10-24(32-2)13-25(11-19)33-3/h4-11,13,21-22H,12,14-17H2,1-3H3,(H,29,31). The average molecular weight is 467 g/mol. The summed E-state index contributed by atoms with van der Waals surface area (Å²) < 4.78 is 30.1. The third-order valence-corrected chi connectivity index (χ3v) is 6.38. The van der Waals surface area contributed by atoms with Crippen LogP contribution in [0.2, 0.25) is 0 Å². The first kappa shape index (κ1) is 23.8. The number of benzene rings is 2. The van der Waals surface area contributed by atoms with Gasteiger partial charge in [-0.05, 0) is 66.3 Å². The number of rotatable bonds is 8. The number of carbonyl (C=O) groups excluding carboxylic acids is 1. The van der Waals surface area contributed by atoms with Gasteiger partial charge >= 0.3 is 0 Å². The molecule has 2 atom stereocenters. The first-order valence-electron chi connectivity index (χ1n) is 11.5. The highest BCUT2D eigenvalue weighted by Gasteiger charge is 2.32. The fourth-order valence-corrected chi connectivity index (χ4v) is 4.62. The summed E-state index contributed by atoms with van der Waals surface area (Å²) in [5.74, 6) is 1.86. The second-order valence-corrected chi connectivity index (χ2v) is 8.85. The number of nitrogens with one attached hydrogen (secondary N) is 1. The third kappa shape index (κ3) is 5.78. The molecule has 6 nitrogen and oxygen atoms in total. The number of aryl methyl sites for hydroxylation is 1. The number of piperidine rings is 1. The van der Waals surface area contributed by atoms with E-state index in [1.54, 1.807) is 33.5 Å². The minimum absolute atomic E-state index is 0.00634. The van der Waals surface area contributed by atoms with Crippen LogP contribution in [0.3, 0.4) is 0 Å². The van der Waals surface area contributed by atoms with Gasteiger partial charge in [0.25, 0.3) is 0 Å². The lowest BCUT2D eigenvalue weighted by molar-refractivity contribution is -0.127. The molecule has 0 aliphatic carbocycles. The molecule has 1 amide bonds. The largest absolute Gasteiger partial charge is 0.497 e. The highest BCUT2D eigenvalue weighted by Crippen LogP contribution is 2.33. The maximum absolute atomic E-state index is 13.9. The first-order chi connectivity index (χ1) is 16.4. The molecular weight excluding hydrogens is 435 g/mol. The number of methoxy groups -OCH3 is 2. The van der Waals surface area contributed by atoms with Crippen LogP contribution in [0.25, 0.3) is 0 Å². The molecular formula is C27H31FN2O4. The summed E-state index contributed by atoms with van der Waals surface area (Å²) in [6, 6.07) is 14.7. The Morgan fingerprint density at radius 1 is 1.12 bits per heavy atom. The van der Waals surface area contributed by atoms with Crippen LogP contribution in [0, 0.1) is 18.7 Å². The lowest BCUT2D eigenvalue weighted by atomic mass is 9.83. The summed E-state index contributed by atoms with van der Waals surface area (Å²) in [4.78, 5) is 15.4. The van der Waals surface area contributed by atoms with Crippen LogP contribution in [0.15, 0.2) is 59.2 Å². The molecule has 1 aliphatic heterocycles. The number of ether oxygens (including phenoxy) is 2. The number of furan rings is 1. The van der Waals surface area contributed by atoms with Crippen molar-refractivity contribution >= 4 is 5.91 Å². The Kier molecular flexibility index (Phi) is 7.53. The van der Waals surface area contributed by atoms with E-state index in [1.807, 2.05) is 36.4 Å². The Morgan fingerprint density at radius 3 is 2.53 bits per heavy atom. The van der Waals surface area contributed by atoms with E-state index in [4.69, 9.17) is 13.9 Å². The van der Waals surface area contributed by atoms with E-state index in [-0.39, 0.29) is 23.6 Å². The molecule has 34 heavy (non-hydrogen) atoms. The summed E-state index contributed by atoms with van der Waals surface area (Å²) in [6.45, 7) is 4.17. The van der Waals surface area contributed by atoms with Crippen LogP contribution in [0.5, 0.6) is 11.5 Å². The molecule has 0 spiro atoms. The van der Waals surface area contributed by atoms with Crippen LogP contribution < -0.4 is 14.8 Å². The van der Waals surface area contributed by atoms with E-state index in [0.29, 0.717) is 31.6 Å². The number of hydrogen-bond donors (Lipinski definition) is 1. The molecule has 1 N–H and O–H groups in total. The van der Waals surface area contributed by atoms with Crippen molar-refractivity contribution in [2.24, 2.45) is 5.92 Å². The molecule has 1 fully saturated rings. The molecule has 180 valence electrons. The Bertz CT molecular complexity index is 1090. The second-order valence-electron chi connectivity index (χ2n) is 8.85. The van der Waals surface area contributed by atoms with Crippen molar-refractivity contribution in [2.75, 3.05) is 27.3 Å². The van der Waals surface area contributed by atoms with Gasteiger partial charge in [-0.3, -0.25) is 9.69 Å². The molecule has 1 saturated heterocycles. The summed E-state index contributed by atoms with van der Waals surface area (Å²) in [5.41, 5.74) is 2.71. The van der Waals surface area contributed by atoms with E-state index >= 15 is 0 Å². The zero-order valence-corrected chi connectivity index (χ0v) is 19.8. The number of amides is 1. The molecule has 0 saturated carbocycles. The number of likely N-dealkylation sites (tertiary alicyclic amines) is 1. The quantitative estimate of drug-likeness (QED) is 0.523. The van der Waals surface area contributed by atoms with Crippen LogP contribution in [0.1, 0.15) is 34.8 Å². The van der Waals surface area contributed by atoms with Gasteiger partial charge in [-0.2, -0.15) is 0 Å². The van der Waals surface area contributed by atoms with Gasteiger partial charge in [-0.25, -0.2) is 4.39 Å². The SMILES string of the molecule is COc1cc(CN2CC(C(=O)NCc3ccco3)CC(c3ccc(F)c(C)c3)C2)cc(OC)c1. The number of nitrogens with zero attached hydrogens (tertiary/aromatic N) is 1. The molecule has 1 aliphatic rings. The summed E-state index contributed by atoms with van der Waals surface area (Å²) in [6.07, 6.45) is 2.30. The second kappa shape index (κ2) is 10.7. The zero-order chi connectivity index (χ0) is 24.1. The normalized spacial score (nSPS) is 18.5. The zero-order valence-electron chi connectivity index (χ0n) is 19.8. The van der Waals surface area contributed by atoms with E-state index in [9.17, 15) is 9.18 Å². The van der Waals surface area contributed by atoms with E-state index < -0.39 is 0 Å². The molecule has 2 aromatic carbocycles. The minimum Gasteiger partial charge on any atom is -0.497 e. The summed E-state index contributed by atoms with van der Waals surface area (Å²) in [7, 11) is 3.26. The van der Waals surface area contributed by atoms with Gasteiger partial charge in [-0.15, -0.1) is 0 Å². The predicted molar refractivity (Wildman–Crippen MR) is 127 cm³/mol. The Labute approximate surface area is 199 Å². The van der Waals surface area contributed by atoms with Gasteiger partial charge in [0, 0.05) is 25.7 Å². The Balaban J connectivity index is 1.54. The molecule has 0 bridgehead atoms. The Hall–Kier alpha value is -3.32.